The highest BCUT2D eigenvalue weighted by atomic mass is 32.2. The summed E-state index contributed by atoms with van der Waals surface area (Å²) < 4.78 is 44.8. The number of aryl methyl sites for hydroxylation is 1. The van der Waals surface area contributed by atoms with Crippen molar-refractivity contribution >= 4 is 34.4 Å². The van der Waals surface area contributed by atoms with Crippen LogP contribution >= 0.6 is 11.8 Å². The number of alkyl halides is 3. The number of benzene rings is 1. The smallest absolute Gasteiger partial charge is 0.352 e. The zero-order valence-electron chi connectivity index (χ0n) is 20.7. The third-order valence-corrected chi connectivity index (χ3v) is 7.85. The summed E-state index contributed by atoms with van der Waals surface area (Å²) in [6, 6.07) is 0.716. The quantitative estimate of drug-likeness (QED) is 0.545. The van der Waals surface area contributed by atoms with Crippen LogP contribution < -0.4 is 10.6 Å². The van der Waals surface area contributed by atoms with E-state index in [4.69, 9.17) is 0 Å². The van der Waals surface area contributed by atoms with E-state index in [0.29, 0.717) is 47.6 Å². The van der Waals surface area contributed by atoms with Gasteiger partial charge in [-0.05, 0) is 49.1 Å². The van der Waals surface area contributed by atoms with Crippen LogP contribution in [0.1, 0.15) is 52.2 Å². The highest BCUT2D eigenvalue weighted by molar-refractivity contribution is 7.99. The van der Waals surface area contributed by atoms with Gasteiger partial charge in [0.05, 0.1) is 11.1 Å². The number of hydrogen-bond donors (Lipinski definition) is 0. The molecule has 0 spiro atoms. The molecule has 2 unspecified atom stereocenters. The zero-order chi connectivity index (χ0) is 25.9. The number of anilines is 1. The summed E-state index contributed by atoms with van der Waals surface area (Å²) in [6.07, 6.45) is -2.63. The van der Waals surface area contributed by atoms with Crippen LogP contribution in [0.4, 0.5) is 19.0 Å². The average Bonchev–Trinajstić information content (AvgIpc) is 2.97. The SMILES string of the molecule is C=CC(=O)N1C(C)CN(c2nc(=O)n3c4c(c(C(C)(C)C)c(C(F)(F)F)cc24)SCCC3)CC1C. The van der Waals surface area contributed by atoms with E-state index in [-0.39, 0.29) is 29.4 Å². The molecule has 2 aliphatic heterocycles. The molecule has 1 aromatic heterocycles. The molecule has 0 radical (unpaired) electrons. The maximum absolute atomic E-state index is 14.4. The second-order valence-electron chi connectivity index (χ2n) is 10.4. The molecule has 3 heterocycles. The van der Waals surface area contributed by atoms with Crippen molar-refractivity contribution in [3.05, 3.63) is 40.3 Å². The number of carbonyl (C=O) groups is 1. The third-order valence-electron chi connectivity index (χ3n) is 6.67. The van der Waals surface area contributed by atoms with Gasteiger partial charge in [-0.3, -0.25) is 9.36 Å². The highest BCUT2D eigenvalue weighted by Gasteiger charge is 2.41. The largest absolute Gasteiger partial charge is 0.416 e. The number of rotatable bonds is 2. The first-order chi connectivity index (χ1) is 16.3. The molecule has 190 valence electrons. The van der Waals surface area contributed by atoms with Crippen molar-refractivity contribution < 1.29 is 18.0 Å². The predicted octanol–water partition coefficient (Wildman–Crippen LogP) is 4.82. The fourth-order valence-corrected chi connectivity index (χ4v) is 6.78. The van der Waals surface area contributed by atoms with Crippen LogP contribution in [0.2, 0.25) is 0 Å². The lowest BCUT2D eigenvalue weighted by Gasteiger charge is -2.44. The van der Waals surface area contributed by atoms with Gasteiger partial charge < -0.3 is 9.80 Å². The minimum Gasteiger partial charge on any atom is -0.352 e. The lowest BCUT2D eigenvalue weighted by Crippen LogP contribution is -2.58. The number of nitrogens with zero attached hydrogens (tertiary/aromatic N) is 4. The van der Waals surface area contributed by atoms with Gasteiger partial charge in [0.15, 0.2) is 0 Å². The van der Waals surface area contributed by atoms with Gasteiger partial charge in [0.25, 0.3) is 0 Å². The predicted molar refractivity (Wildman–Crippen MR) is 133 cm³/mol. The Kier molecular flexibility index (Phi) is 6.49. The first kappa shape index (κ1) is 25.6. The molecular weight excluding hydrogens is 477 g/mol. The van der Waals surface area contributed by atoms with Gasteiger partial charge in [0.2, 0.25) is 5.91 Å². The summed E-state index contributed by atoms with van der Waals surface area (Å²) >= 11 is 1.39. The Hall–Kier alpha value is -2.49. The molecular formula is C25H31F3N4O2S. The number of carbonyl (C=O) groups excluding carboxylic acids is 1. The van der Waals surface area contributed by atoms with Crippen molar-refractivity contribution in [3.63, 3.8) is 0 Å². The summed E-state index contributed by atoms with van der Waals surface area (Å²) in [4.78, 5) is 33.9. The molecule has 1 aromatic carbocycles. The van der Waals surface area contributed by atoms with E-state index < -0.39 is 22.8 Å². The van der Waals surface area contributed by atoms with Gasteiger partial charge in [0, 0.05) is 42.0 Å². The lowest BCUT2D eigenvalue weighted by atomic mass is 9.82. The molecule has 0 bridgehead atoms. The molecule has 6 nitrogen and oxygen atoms in total. The Morgan fingerprint density at radius 2 is 1.83 bits per heavy atom. The van der Waals surface area contributed by atoms with Gasteiger partial charge >= 0.3 is 11.9 Å². The van der Waals surface area contributed by atoms with E-state index in [9.17, 15) is 22.8 Å². The van der Waals surface area contributed by atoms with E-state index >= 15 is 0 Å². The van der Waals surface area contributed by atoms with Crippen LogP contribution in [-0.2, 0) is 22.9 Å². The Bertz CT molecular complexity index is 1240. The number of thioether (sulfide) groups is 1. The molecule has 35 heavy (non-hydrogen) atoms. The molecule has 10 heteroatoms. The van der Waals surface area contributed by atoms with Crippen molar-refractivity contribution in [2.45, 2.75) is 76.2 Å². The molecule has 4 rings (SSSR count). The number of piperazine rings is 1. The molecule has 1 saturated heterocycles. The van der Waals surface area contributed by atoms with Gasteiger partial charge in [-0.25, -0.2) is 4.79 Å². The van der Waals surface area contributed by atoms with Crippen molar-refractivity contribution in [1.29, 1.82) is 0 Å². The second-order valence-corrected chi connectivity index (χ2v) is 11.5. The normalized spacial score (nSPS) is 21.3. The monoisotopic (exact) mass is 508 g/mol. The lowest BCUT2D eigenvalue weighted by molar-refractivity contribution is -0.138. The highest BCUT2D eigenvalue weighted by Crippen LogP contribution is 2.48. The molecule has 2 aliphatic rings. The molecule has 2 aromatic rings. The van der Waals surface area contributed by atoms with E-state index in [0.717, 1.165) is 0 Å². The topological polar surface area (TPSA) is 58.4 Å². The first-order valence-corrected chi connectivity index (χ1v) is 12.8. The van der Waals surface area contributed by atoms with Crippen LogP contribution in [0.5, 0.6) is 0 Å². The van der Waals surface area contributed by atoms with Gasteiger partial charge in [-0.15, -0.1) is 11.8 Å². The van der Waals surface area contributed by atoms with Crippen molar-refractivity contribution in [2.24, 2.45) is 0 Å². The van der Waals surface area contributed by atoms with Crippen LogP contribution in [-0.4, -0.2) is 51.3 Å². The molecule has 1 amide bonds. The van der Waals surface area contributed by atoms with Gasteiger partial charge in [-0.2, -0.15) is 18.2 Å². The average molecular weight is 509 g/mol. The van der Waals surface area contributed by atoms with Crippen LogP contribution in [0.15, 0.2) is 28.4 Å². The number of aromatic nitrogens is 2. The molecule has 0 aliphatic carbocycles. The van der Waals surface area contributed by atoms with Crippen LogP contribution in [0.3, 0.4) is 0 Å². The maximum Gasteiger partial charge on any atom is 0.416 e. The second kappa shape index (κ2) is 8.87. The Morgan fingerprint density at radius 3 is 2.37 bits per heavy atom. The Labute approximate surface area is 207 Å². The zero-order valence-corrected chi connectivity index (χ0v) is 21.5. The van der Waals surface area contributed by atoms with E-state index in [2.05, 4.69) is 11.6 Å². The summed E-state index contributed by atoms with van der Waals surface area (Å²) in [6.45, 7) is 13.7. The van der Waals surface area contributed by atoms with Gasteiger partial charge in [0.1, 0.15) is 5.82 Å². The number of hydrogen-bond acceptors (Lipinski definition) is 5. The van der Waals surface area contributed by atoms with Gasteiger partial charge in [-0.1, -0.05) is 27.4 Å². The number of halogens is 3. The fourth-order valence-electron chi connectivity index (χ4n) is 5.38. The van der Waals surface area contributed by atoms with Crippen LogP contribution in [0, 0.1) is 0 Å². The van der Waals surface area contributed by atoms with E-state index in [1.165, 1.54) is 28.5 Å². The third kappa shape index (κ3) is 4.45. The summed E-state index contributed by atoms with van der Waals surface area (Å²) in [5.74, 6) is 0.670. The molecule has 2 atom stereocenters. The van der Waals surface area contributed by atoms with Crippen LogP contribution in [0.25, 0.3) is 10.9 Å². The summed E-state index contributed by atoms with van der Waals surface area (Å²) in [5.41, 5.74) is -1.17. The van der Waals surface area contributed by atoms with Crippen molar-refractivity contribution in [1.82, 2.24) is 14.5 Å². The van der Waals surface area contributed by atoms with Crippen molar-refractivity contribution in [2.75, 3.05) is 23.7 Å². The van der Waals surface area contributed by atoms with E-state index in [1.54, 1.807) is 25.7 Å². The standard InChI is InChI=1S/C25H31F3N4O2S/c1-7-18(33)32-14(2)12-30(13-15(32)3)22-16-11-17(25(26,27)28)19(24(4,5)6)21-20(16)31(23(34)29-22)9-8-10-35-21/h7,11,14-15H,1,8-10,12-13H2,2-6H3. The van der Waals surface area contributed by atoms with Crippen molar-refractivity contribution in [3.8, 4) is 0 Å². The minimum atomic E-state index is -4.56. The molecule has 0 N–H and O–H groups in total. The Morgan fingerprint density at radius 1 is 1.20 bits per heavy atom. The summed E-state index contributed by atoms with van der Waals surface area (Å²) in [7, 11) is 0. The minimum absolute atomic E-state index is 0.198. The summed E-state index contributed by atoms with van der Waals surface area (Å²) in [5, 5.41) is 0.331. The molecule has 1 fully saturated rings. The fraction of sp³-hybridized carbons (Fsp3) is 0.560. The number of amides is 1. The Balaban J connectivity index is 2.02. The molecule has 0 saturated carbocycles. The maximum atomic E-state index is 14.4. The first-order valence-electron chi connectivity index (χ1n) is 11.8. The van der Waals surface area contributed by atoms with E-state index in [1.807, 2.05) is 18.7 Å².